The van der Waals surface area contributed by atoms with Gasteiger partial charge in [0.05, 0.1) is 12.5 Å². The normalized spacial score (nSPS) is 16.0. The van der Waals surface area contributed by atoms with Gasteiger partial charge in [-0.15, -0.1) is 0 Å². The highest BCUT2D eigenvalue weighted by molar-refractivity contribution is 5.75. The van der Waals surface area contributed by atoms with E-state index in [4.69, 9.17) is 13.9 Å². The summed E-state index contributed by atoms with van der Waals surface area (Å²) in [4.78, 5) is 18.6. The lowest BCUT2D eigenvalue weighted by Crippen LogP contribution is -2.37. The molecule has 2 aromatic rings. The van der Waals surface area contributed by atoms with Crippen LogP contribution >= 0.6 is 0 Å². The fourth-order valence-electron chi connectivity index (χ4n) is 2.77. The third kappa shape index (κ3) is 3.82. The van der Waals surface area contributed by atoms with E-state index >= 15 is 0 Å². The molecule has 1 aromatic carbocycles. The number of nitrogens with zero attached hydrogens (tertiary/aromatic N) is 2. The molecule has 0 aliphatic carbocycles. The molecule has 0 bridgehead atoms. The van der Waals surface area contributed by atoms with Crippen LogP contribution in [0.4, 0.5) is 6.01 Å². The smallest absolute Gasteiger partial charge is 0.309 e. The van der Waals surface area contributed by atoms with Gasteiger partial charge in [0.1, 0.15) is 12.1 Å². The Morgan fingerprint density at radius 1 is 1.30 bits per heavy atom. The fraction of sp³-hybridized carbons (Fsp3) is 0.529. The monoisotopic (exact) mass is 318 g/mol. The van der Waals surface area contributed by atoms with Gasteiger partial charge in [-0.2, -0.15) is 4.98 Å². The van der Waals surface area contributed by atoms with Crippen molar-refractivity contribution in [3.05, 3.63) is 24.3 Å². The van der Waals surface area contributed by atoms with Crippen LogP contribution in [0.3, 0.4) is 0 Å². The van der Waals surface area contributed by atoms with E-state index in [0.717, 1.165) is 37.0 Å². The van der Waals surface area contributed by atoms with Crippen LogP contribution in [-0.2, 0) is 14.3 Å². The second-order valence-corrected chi connectivity index (χ2v) is 5.59. The molecule has 6 nitrogen and oxygen atoms in total. The quantitative estimate of drug-likeness (QED) is 0.602. The number of para-hydroxylation sites is 2. The summed E-state index contributed by atoms with van der Waals surface area (Å²) in [6.45, 7) is 4.85. The van der Waals surface area contributed by atoms with E-state index in [9.17, 15) is 4.79 Å². The molecule has 6 heteroatoms. The highest BCUT2D eigenvalue weighted by Crippen LogP contribution is 2.26. The Morgan fingerprint density at radius 2 is 2.09 bits per heavy atom. The molecule has 3 rings (SSSR count). The third-order valence-electron chi connectivity index (χ3n) is 4.06. The van der Waals surface area contributed by atoms with E-state index in [2.05, 4.69) is 9.88 Å². The van der Waals surface area contributed by atoms with E-state index in [0.29, 0.717) is 25.8 Å². The minimum Gasteiger partial charge on any atom is -0.463 e. The number of aromatic nitrogens is 1. The van der Waals surface area contributed by atoms with Gasteiger partial charge in [0.2, 0.25) is 0 Å². The number of rotatable bonds is 6. The molecule has 1 aromatic heterocycles. The zero-order chi connectivity index (χ0) is 16.1. The first-order valence-corrected chi connectivity index (χ1v) is 8.13. The zero-order valence-corrected chi connectivity index (χ0v) is 13.4. The standard InChI is InChI=1S/C17H22N2O4/c1-2-21-11-12-22-16(20)13-7-9-19(10-8-13)17-18-14-5-3-4-6-15(14)23-17/h3-6,13H,2,7-12H2,1H3. The minimum atomic E-state index is -0.123. The first-order chi connectivity index (χ1) is 11.3. The van der Waals surface area contributed by atoms with Crippen molar-refractivity contribution in [1.29, 1.82) is 0 Å². The topological polar surface area (TPSA) is 64.8 Å². The summed E-state index contributed by atoms with van der Waals surface area (Å²) in [5.41, 5.74) is 1.65. The molecule has 0 saturated carbocycles. The molecule has 0 radical (unpaired) electrons. The Bertz CT molecular complexity index is 614. The number of hydrogen-bond donors (Lipinski definition) is 0. The fourth-order valence-corrected chi connectivity index (χ4v) is 2.77. The summed E-state index contributed by atoms with van der Waals surface area (Å²) in [6, 6.07) is 8.36. The van der Waals surface area contributed by atoms with Crippen LogP contribution in [0, 0.1) is 5.92 Å². The lowest BCUT2D eigenvalue weighted by molar-refractivity contribution is -0.150. The Labute approximate surface area is 135 Å². The first-order valence-electron chi connectivity index (χ1n) is 8.13. The van der Waals surface area contributed by atoms with Crippen LogP contribution in [0.1, 0.15) is 19.8 Å². The molecule has 0 unspecified atom stereocenters. The summed E-state index contributed by atoms with van der Waals surface area (Å²) >= 11 is 0. The molecule has 0 N–H and O–H groups in total. The molecule has 2 heterocycles. The van der Waals surface area contributed by atoms with Crippen molar-refractivity contribution in [2.24, 2.45) is 5.92 Å². The van der Waals surface area contributed by atoms with Gasteiger partial charge >= 0.3 is 5.97 Å². The highest BCUT2D eigenvalue weighted by Gasteiger charge is 2.28. The first kappa shape index (κ1) is 15.8. The third-order valence-corrected chi connectivity index (χ3v) is 4.06. The van der Waals surface area contributed by atoms with Gasteiger partial charge < -0.3 is 18.8 Å². The maximum absolute atomic E-state index is 12.0. The number of fused-ring (bicyclic) bond motifs is 1. The van der Waals surface area contributed by atoms with Crippen LogP contribution in [0.15, 0.2) is 28.7 Å². The maximum atomic E-state index is 12.0. The summed E-state index contributed by atoms with van der Waals surface area (Å²) in [6.07, 6.45) is 1.51. The number of piperidine rings is 1. The maximum Gasteiger partial charge on any atom is 0.309 e. The Hall–Kier alpha value is -2.08. The van der Waals surface area contributed by atoms with Gasteiger partial charge in [-0.1, -0.05) is 12.1 Å². The molecule has 1 aliphatic heterocycles. The SMILES string of the molecule is CCOCCOC(=O)C1CCN(c2nc3ccccc3o2)CC1. The minimum absolute atomic E-state index is 0.0442. The largest absolute Gasteiger partial charge is 0.463 e. The van der Waals surface area contributed by atoms with E-state index in [-0.39, 0.29) is 11.9 Å². The predicted octanol–water partition coefficient (Wildman–Crippen LogP) is 2.62. The summed E-state index contributed by atoms with van der Waals surface area (Å²) in [7, 11) is 0. The van der Waals surface area contributed by atoms with E-state index in [1.807, 2.05) is 31.2 Å². The van der Waals surface area contributed by atoms with Crippen molar-refractivity contribution in [2.45, 2.75) is 19.8 Å². The van der Waals surface area contributed by atoms with Crippen molar-refractivity contribution in [2.75, 3.05) is 37.8 Å². The van der Waals surface area contributed by atoms with E-state index < -0.39 is 0 Å². The van der Waals surface area contributed by atoms with Crippen LogP contribution in [0.5, 0.6) is 0 Å². The zero-order valence-electron chi connectivity index (χ0n) is 13.4. The van der Waals surface area contributed by atoms with Crippen molar-refractivity contribution in [1.82, 2.24) is 4.98 Å². The Kier molecular flexibility index (Phi) is 5.12. The number of hydrogen-bond acceptors (Lipinski definition) is 6. The lowest BCUT2D eigenvalue weighted by atomic mass is 9.97. The Balaban J connectivity index is 1.50. The molecule has 1 aliphatic rings. The molecule has 0 amide bonds. The van der Waals surface area contributed by atoms with Crippen LogP contribution in [0.2, 0.25) is 0 Å². The van der Waals surface area contributed by atoms with Gasteiger partial charge in [-0.25, -0.2) is 0 Å². The molecule has 124 valence electrons. The van der Waals surface area contributed by atoms with Crippen molar-refractivity contribution in [3.8, 4) is 0 Å². The molecule has 1 saturated heterocycles. The molecule has 1 fully saturated rings. The molecule has 0 atom stereocenters. The molecular weight excluding hydrogens is 296 g/mol. The van der Waals surface area contributed by atoms with Crippen LogP contribution in [-0.4, -0.2) is 43.9 Å². The van der Waals surface area contributed by atoms with Gasteiger partial charge in [0, 0.05) is 19.7 Å². The lowest BCUT2D eigenvalue weighted by Gasteiger charge is -2.29. The molecule has 23 heavy (non-hydrogen) atoms. The molecular formula is C17H22N2O4. The van der Waals surface area contributed by atoms with Gasteiger partial charge in [0.15, 0.2) is 5.58 Å². The predicted molar refractivity (Wildman–Crippen MR) is 86.4 cm³/mol. The van der Waals surface area contributed by atoms with Crippen molar-refractivity contribution >= 4 is 23.1 Å². The van der Waals surface area contributed by atoms with Crippen molar-refractivity contribution < 1.29 is 18.7 Å². The summed E-state index contributed by atoms with van der Waals surface area (Å²) in [5.74, 6) is -0.167. The number of carbonyl (C=O) groups excluding carboxylic acids is 1. The van der Waals surface area contributed by atoms with Crippen LogP contribution < -0.4 is 4.90 Å². The summed E-state index contributed by atoms with van der Waals surface area (Å²) in [5, 5.41) is 0. The van der Waals surface area contributed by atoms with Crippen molar-refractivity contribution in [3.63, 3.8) is 0 Å². The number of carbonyl (C=O) groups is 1. The number of esters is 1. The Morgan fingerprint density at radius 3 is 2.83 bits per heavy atom. The second-order valence-electron chi connectivity index (χ2n) is 5.59. The average molecular weight is 318 g/mol. The van der Waals surface area contributed by atoms with Gasteiger partial charge in [0.25, 0.3) is 6.01 Å². The van der Waals surface area contributed by atoms with E-state index in [1.165, 1.54) is 0 Å². The number of oxazole rings is 1. The average Bonchev–Trinajstić information content (AvgIpc) is 3.03. The van der Waals surface area contributed by atoms with Crippen LogP contribution in [0.25, 0.3) is 11.1 Å². The summed E-state index contributed by atoms with van der Waals surface area (Å²) < 4.78 is 16.2. The van der Waals surface area contributed by atoms with E-state index in [1.54, 1.807) is 0 Å². The van der Waals surface area contributed by atoms with Gasteiger partial charge in [-0.3, -0.25) is 4.79 Å². The highest BCUT2D eigenvalue weighted by atomic mass is 16.6. The number of ether oxygens (including phenoxy) is 2. The molecule has 0 spiro atoms. The second kappa shape index (κ2) is 7.46. The number of anilines is 1. The number of benzene rings is 1. The van der Waals surface area contributed by atoms with Gasteiger partial charge in [-0.05, 0) is 31.9 Å².